The van der Waals surface area contributed by atoms with Gasteiger partial charge in [0.1, 0.15) is 0 Å². The quantitative estimate of drug-likeness (QED) is 0.507. The maximum Gasteiger partial charge on any atom is 0.0446 e. The number of piperazine rings is 1. The Morgan fingerprint density at radius 3 is 2.69 bits per heavy atom. The van der Waals surface area contributed by atoms with Crippen molar-refractivity contribution >= 4 is 0 Å². The fraction of sp³-hybridized carbons (Fsp3) is 1.00. The molecule has 4 nitrogen and oxygen atoms in total. The third-order valence-corrected chi connectivity index (χ3v) is 3.09. The molecule has 2 aliphatic rings. The van der Waals surface area contributed by atoms with Crippen LogP contribution in [0, 0.1) is 0 Å². The fourth-order valence-electron chi connectivity index (χ4n) is 2.18. The summed E-state index contributed by atoms with van der Waals surface area (Å²) in [7, 11) is 0. The van der Waals surface area contributed by atoms with Gasteiger partial charge in [0, 0.05) is 51.4 Å². The maximum absolute atomic E-state index is 8.94. The third kappa shape index (κ3) is 2.02. The molecular weight excluding hydrogens is 166 g/mol. The molecule has 2 saturated heterocycles. The zero-order chi connectivity index (χ0) is 9.10. The van der Waals surface area contributed by atoms with Crippen LogP contribution < -0.4 is 10.6 Å². The van der Waals surface area contributed by atoms with Crippen LogP contribution >= 0.6 is 0 Å². The maximum atomic E-state index is 8.94. The van der Waals surface area contributed by atoms with E-state index in [1.165, 1.54) is 0 Å². The van der Waals surface area contributed by atoms with E-state index in [9.17, 15) is 0 Å². The summed E-state index contributed by atoms with van der Waals surface area (Å²) in [5.74, 6) is 0. The van der Waals surface area contributed by atoms with Gasteiger partial charge in [-0.1, -0.05) is 0 Å². The van der Waals surface area contributed by atoms with Crippen LogP contribution in [0.2, 0.25) is 0 Å². The average molecular weight is 185 g/mol. The van der Waals surface area contributed by atoms with Crippen molar-refractivity contribution in [3.05, 3.63) is 0 Å². The van der Waals surface area contributed by atoms with Crippen LogP contribution in [-0.2, 0) is 0 Å². The second-order valence-corrected chi connectivity index (χ2v) is 3.92. The minimum absolute atomic E-state index is 0.309. The smallest absolute Gasteiger partial charge is 0.0446 e. The zero-order valence-corrected chi connectivity index (χ0v) is 8.00. The number of hydrogen-bond donors (Lipinski definition) is 3. The lowest BCUT2D eigenvalue weighted by atomic mass is 10.0. The first-order valence-electron chi connectivity index (χ1n) is 5.20. The molecule has 13 heavy (non-hydrogen) atoms. The van der Waals surface area contributed by atoms with E-state index in [0.717, 1.165) is 45.2 Å². The summed E-state index contributed by atoms with van der Waals surface area (Å²) in [5, 5.41) is 15.6. The van der Waals surface area contributed by atoms with Crippen LogP contribution in [0.25, 0.3) is 0 Å². The summed E-state index contributed by atoms with van der Waals surface area (Å²) in [4.78, 5) is 2.54. The lowest BCUT2D eigenvalue weighted by molar-refractivity contribution is 0.0601. The molecule has 1 unspecified atom stereocenters. The van der Waals surface area contributed by atoms with Crippen molar-refractivity contribution in [3.63, 3.8) is 0 Å². The molecular formula is C9H19N3O. The van der Waals surface area contributed by atoms with Crippen LogP contribution in [0.1, 0.15) is 6.42 Å². The summed E-state index contributed by atoms with van der Waals surface area (Å²) in [5.41, 5.74) is 0. The monoisotopic (exact) mass is 185 g/mol. The highest BCUT2D eigenvalue weighted by Crippen LogP contribution is 2.13. The Labute approximate surface area is 79.3 Å². The number of rotatable bonds is 3. The normalized spacial score (nSPS) is 31.6. The van der Waals surface area contributed by atoms with Gasteiger partial charge in [-0.15, -0.1) is 0 Å². The Balaban J connectivity index is 1.87. The molecule has 0 aromatic heterocycles. The molecule has 0 amide bonds. The first kappa shape index (κ1) is 9.40. The zero-order valence-electron chi connectivity index (χ0n) is 8.00. The molecule has 2 aliphatic heterocycles. The van der Waals surface area contributed by atoms with Gasteiger partial charge in [-0.25, -0.2) is 0 Å². The van der Waals surface area contributed by atoms with Crippen molar-refractivity contribution in [2.75, 3.05) is 39.3 Å². The molecule has 0 spiro atoms. The predicted molar refractivity (Wildman–Crippen MR) is 51.7 cm³/mol. The molecule has 0 radical (unpaired) electrons. The summed E-state index contributed by atoms with van der Waals surface area (Å²) < 4.78 is 0. The summed E-state index contributed by atoms with van der Waals surface area (Å²) >= 11 is 0. The number of nitrogens with one attached hydrogen (secondary N) is 2. The third-order valence-electron chi connectivity index (χ3n) is 3.09. The minimum Gasteiger partial charge on any atom is -0.396 e. The summed E-state index contributed by atoms with van der Waals surface area (Å²) in [6.07, 6.45) is 0.906. The molecule has 0 aromatic rings. The van der Waals surface area contributed by atoms with Gasteiger partial charge in [0.25, 0.3) is 0 Å². The van der Waals surface area contributed by atoms with Crippen LogP contribution in [0.3, 0.4) is 0 Å². The molecule has 2 fully saturated rings. The van der Waals surface area contributed by atoms with Crippen LogP contribution in [0.4, 0.5) is 0 Å². The Hall–Kier alpha value is -0.160. The topological polar surface area (TPSA) is 47.5 Å². The van der Waals surface area contributed by atoms with Crippen molar-refractivity contribution in [2.24, 2.45) is 0 Å². The first-order valence-corrected chi connectivity index (χ1v) is 5.20. The van der Waals surface area contributed by atoms with Gasteiger partial charge in [0.15, 0.2) is 0 Å². The number of aliphatic hydroxyl groups excluding tert-OH is 1. The molecule has 2 heterocycles. The standard InChI is InChI=1S/C9H19N3O/c13-4-1-8-5-10-2-3-12(8)9-6-11-7-9/h8-11,13H,1-7H2. The molecule has 0 aromatic carbocycles. The second kappa shape index (κ2) is 4.37. The van der Waals surface area contributed by atoms with Gasteiger partial charge in [-0.3, -0.25) is 4.90 Å². The van der Waals surface area contributed by atoms with Gasteiger partial charge in [-0.05, 0) is 6.42 Å². The first-order chi connectivity index (χ1) is 6.42. The van der Waals surface area contributed by atoms with Gasteiger partial charge < -0.3 is 15.7 Å². The second-order valence-electron chi connectivity index (χ2n) is 3.92. The van der Waals surface area contributed by atoms with E-state index in [1.54, 1.807) is 0 Å². The highest BCUT2D eigenvalue weighted by atomic mass is 16.3. The lowest BCUT2D eigenvalue weighted by Gasteiger charge is -2.45. The molecule has 4 heteroatoms. The van der Waals surface area contributed by atoms with Crippen LogP contribution in [0.5, 0.6) is 0 Å². The van der Waals surface area contributed by atoms with E-state index in [0.29, 0.717) is 12.6 Å². The molecule has 3 N–H and O–H groups in total. The van der Waals surface area contributed by atoms with Crippen molar-refractivity contribution in [3.8, 4) is 0 Å². The molecule has 2 rings (SSSR count). The minimum atomic E-state index is 0.309. The average Bonchev–Trinajstić information content (AvgIpc) is 2.05. The lowest BCUT2D eigenvalue weighted by Crippen LogP contribution is -2.64. The van der Waals surface area contributed by atoms with Crippen LogP contribution in [-0.4, -0.2) is 61.4 Å². The van der Waals surface area contributed by atoms with Gasteiger partial charge >= 0.3 is 0 Å². The Morgan fingerprint density at radius 2 is 2.08 bits per heavy atom. The van der Waals surface area contributed by atoms with Crippen molar-refractivity contribution < 1.29 is 5.11 Å². The highest BCUT2D eigenvalue weighted by molar-refractivity contribution is 4.91. The van der Waals surface area contributed by atoms with Crippen LogP contribution in [0.15, 0.2) is 0 Å². The highest BCUT2D eigenvalue weighted by Gasteiger charge is 2.31. The molecule has 0 aliphatic carbocycles. The molecule has 0 bridgehead atoms. The van der Waals surface area contributed by atoms with E-state index in [4.69, 9.17) is 5.11 Å². The van der Waals surface area contributed by atoms with Crippen molar-refractivity contribution in [2.45, 2.75) is 18.5 Å². The summed E-state index contributed by atoms with van der Waals surface area (Å²) in [6, 6.07) is 1.27. The van der Waals surface area contributed by atoms with E-state index in [2.05, 4.69) is 15.5 Å². The Bertz CT molecular complexity index is 159. The molecule has 1 atom stereocenters. The van der Waals surface area contributed by atoms with E-state index >= 15 is 0 Å². The Morgan fingerprint density at radius 1 is 1.23 bits per heavy atom. The SMILES string of the molecule is OCCC1CNCCN1C1CNC1. The van der Waals surface area contributed by atoms with E-state index in [1.807, 2.05) is 0 Å². The van der Waals surface area contributed by atoms with Gasteiger partial charge in [0.2, 0.25) is 0 Å². The van der Waals surface area contributed by atoms with Crippen molar-refractivity contribution in [1.29, 1.82) is 0 Å². The Kier molecular flexibility index (Phi) is 3.16. The predicted octanol–water partition coefficient (Wildman–Crippen LogP) is -1.39. The number of nitrogens with zero attached hydrogens (tertiary/aromatic N) is 1. The summed E-state index contributed by atoms with van der Waals surface area (Å²) in [6.45, 7) is 5.83. The van der Waals surface area contributed by atoms with Gasteiger partial charge in [-0.2, -0.15) is 0 Å². The largest absolute Gasteiger partial charge is 0.396 e. The van der Waals surface area contributed by atoms with Crippen molar-refractivity contribution in [1.82, 2.24) is 15.5 Å². The van der Waals surface area contributed by atoms with E-state index < -0.39 is 0 Å². The molecule has 76 valence electrons. The fourth-order valence-corrected chi connectivity index (χ4v) is 2.18. The number of hydrogen-bond acceptors (Lipinski definition) is 4. The van der Waals surface area contributed by atoms with E-state index in [-0.39, 0.29) is 0 Å². The van der Waals surface area contributed by atoms with Gasteiger partial charge in [0.05, 0.1) is 0 Å². The number of aliphatic hydroxyl groups is 1. The molecule has 0 saturated carbocycles.